The molecule has 0 radical (unpaired) electrons. The van der Waals surface area contributed by atoms with Crippen LogP contribution in [-0.4, -0.2) is 10.9 Å². The summed E-state index contributed by atoms with van der Waals surface area (Å²) in [6.07, 6.45) is 0.0963. The lowest BCUT2D eigenvalue weighted by Gasteiger charge is -1.97. The van der Waals surface area contributed by atoms with E-state index in [9.17, 15) is 9.18 Å². The monoisotopic (exact) mass is 236 g/mol. The number of carbonyl (C=O) groups is 1. The van der Waals surface area contributed by atoms with Crippen molar-refractivity contribution in [1.82, 2.24) is 4.98 Å². The molecule has 0 bridgehead atoms. The summed E-state index contributed by atoms with van der Waals surface area (Å²) in [5.41, 5.74) is 6.04. The zero-order valence-corrected chi connectivity index (χ0v) is 9.13. The first kappa shape index (κ1) is 10.8. The van der Waals surface area contributed by atoms with Gasteiger partial charge in [0.05, 0.1) is 12.1 Å². The SMILES string of the molecule is NC(=O)Cc1nc(-c2ccccc2F)cs1. The molecule has 1 aromatic carbocycles. The molecule has 0 spiro atoms. The van der Waals surface area contributed by atoms with Gasteiger partial charge in [-0.1, -0.05) is 12.1 Å². The minimum atomic E-state index is -0.436. The highest BCUT2D eigenvalue weighted by Gasteiger charge is 2.09. The predicted molar refractivity (Wildman–Crippen MR) is 60.4 cm³/mol. The second-order valence-corrected chi connectivity index (χ2v) is 4.19. The standard InChI is InChI=1S/C11H9FN2OS/c12-8-4-2-1-3-7(8)9-6-16-11(14-9)5-10(13)15/h1-4,6H,5H2,(H2,13,15). The van der Waals surface area contributed by atoms with Gasteiger partial charge in [-0.2, -0.15) is 0 Å². The normalized spacial score (nSPS) is 10.3. The second kappa shape index (κ2) is 4.40. The van der Waals surface area contributed by atoms with E-state index in [0.717, 1.165) is 0 Å². The third-order valence-electron chi connectivity index (χ3n) is 2.03. The van der Waals surface area contributed by atoms with E-state index in [1.54, 1.807) is 23.6 Å². The Balaban J connectivity index is 2.32. The van der Waals surface area contributed by atoms with Gasteiger partial charge in [-0.05, 0) is 12.1 Å². The van der Waals surface area contributed by atoms with Crippen molar-refractivity contribution in [2.24, 2.45) is 5.73 Å². The van der Waals surface area contributed by atoms with Crippen LogP contribution in [0.4, 0.5) is 4.39 Å². The highest BCUT2D eigenvalue weighted by molar-refractivity contribution is 7.10. The Hall–Kier alpha value is -1.75. The zero-order chi connectivity index (χ0) is 11.5. The molecule has 3 nitrogen and oxygen atoms in total. The average Bonchev–Trinajstić information content (AvgIpc) is 2.66. The number of amides is 1. The molecule has 82 valence electrons. The van der Waals surface area contributed by atoms with Crippen LogP contribution in [0, 0.1) is 5.82 Å². The van der Waals surface area contributed by atoms with Crippen LogP contribution in [-0.2, 0) is 11.2 Å². The summed E-state index contributed by atoms with van der Waals surface area (Å²) in [5.74, 6) is -0.757. The van der Waals surface area contributed by atoms with Gasteiger partial charge in [-0.25, -0.2) is 9.37 Å². The van der Waals surface area contributed by atoms with Crippen LogP contribution in [0.5, 0.6) is 0 Å². The number of thiazole rings is 1. The fraction of sp³-hybridized carbons (Fsp3) is 0.0909. The molecule has 1 amide bonds. The van der Waals surface area contributed by atoms with Crippen LogP contribution >= 0.6 is 11.3 Å². The fourth-order valence-corrected chi connectivity index (χ4v) is 2.14. The minimum absolute atomic E-state index is 0.0963. The maximum Gasteiger partial charge on any atom is 0.224 e. The maximum absolute atomic E-state index is 13.4. The van der Waals surface area contributed by atoms with Crippen LogP contribution < -0.4 is 5.73 Å². The Morgan fingerprint density at radius 2 is 2.19 bits per heavy atom. The molecule has 2 N–H and O–H groups in total. The van der Waals surface area contributed by atoms with E-state index in [4.69, 9.17) is 5.73 Å². The van der Waals surface area contributed by atoms with Gasteiger partial charge >= 0.3 is 0 Å². The maximum atomic E-state index is 13.4. The lowest BCUT2D eigenvalue weighted by atomic mass is 10.1. The second-order valence-electron chi connectivity index (χ2n) is 3.25. The lowest BCUT2D eigenvalue weighted by molar-refractivity contribution is -0.117. The molecule has 0 aliphatic carbocycles. The Morgan fingerprint density at radius 3 is 2.88 bits per heavy atom. The summed E-state index contributed by atoms with van der Waals surface area (Å²) in [5, 5.41) is 2.32. The number of halogens is 1. The quantitative estimate of drug-likeness (QED) is 0.885. The van der Waals surface area contributed by atoms with Crippen LogP contribution in [0.3, 0.4) is 0 Å². The lowest BCUT2D eigenvalue weighted by Crippen LogP contribution is -2.13. The van der Waals surface area contributed by atoms with Gasteiger partial charge in [0.25, 0.3) is 0 Å². The van der Waals surface area contributed by atoms with Gasteiger partial charge in [-0.15, -0.1) is 11.3 Å². The molecule has 0 aliphatic heterocycles. The van der Waals surface area contributed by atoms with E-state index in [-0.39, 0.29) is 12.2 Å². The molecule has 0 saturated carbocycles. The van der Waals surface area contributed by atoms with Crippen molar-refractivity contribution >= 4 is 17.2 Å². The topological polar surface area (TPSA) is 56.0 Å². The predicted octanol–water partition coefficient (Wildman–Crippen LogP) is 1.98. The van der Waals surface area contributed by atoms with E-state index in [1.165, 1.54) is 17.4 Å². The van der Waals surface area contributed by atoms with Crippen molar-refractivity contribution in [3.8, 4) is 11.3 Å². The van der Waals surface area contributed by atoms with Gasteiger partial charge in [0.15, 0.2) is 0 Å². The molecule has 2 aromatic rings. The van der Waals surface area contributed by atoms with Crippen LogP contribution in [0.1, 0.15) is 5.01 Å². The Bertz CT molecular complexity index is 524. The third-order valence-corrected chi connectivity index (χ3v) is 2.88. The molecule has 16 heavy (non-hydrogen) atoms. The third kappa shape index (κ3) is 2.25. The number of benzene rings is 1. The van der Waals surface area contributed by atoms with E-state index in [1.807, 2.05) is 0 Å². The number of carbonyl (C=O) groups excluding carboxylic acids is 1. The van der Waals surface area contributed by atoms with Crippen molar-refractivity contribution in [2.45, 2.75) is 6.42 Å². The average molecular weight is 236 g/mol. The summed E-state index contributed by atoms with van der Waals surface area (Å²) in [4.78, 5) is 14.9. The Kier molecular flexibility index (Phi) is 2.96. The van der Waals surface area contributed by atoms with E-state index < -0.39 is 5.91 Å². The number of rotatable bonds is 3. The molecule has 0 unspecified atom stereocenters. The number of hydrogen-bond acceptors (Lipinski definition) is 3. The van der Waals surface area contributed by atoms with Crippen molar-refractivity contribution in [2.75, 3.05) is 0 Å². The highest BCUT2D eigenvalue weighted by atomic mass is 32.1. The molecule has 5 heteroatoms. The van der Waals surface area contributed by atoms with Gasteiger partial charge in [0.1, 0.15) is 10.8 Å². The van der Waals surface area contributed by atoms with Crippen LogP contribution in [0.25, 0.3) is 11.3 Å². The van der Waals surface area contributed by atoms with Gasteiger partial charge < -0.3 is 5.73 Å². The number of nitrogens with zero attached hydrogens (tertiary/aromatic N) is 1. The summed E-state index contributed by atoms with van der Waals surface area (Å²) in [6, 6.07) is 6.39. The molecule has 2 rings (SSSR count). The largest absolute Gasteiger partial charge is 0.369 e. The highest BCUT2D eigenvalue weighted by Crippen LogP contribution is 2.24. The summed E-state index contributed by atoms with van der Waals surface area (Å²) < 4.78 is 13.4. The van der Waals surface area contributed by atoms with Crippen molar-refractivity contribution in [3.05, 3.63) is 40.5 Å². The molecular weight excluding hydrogens is 227 g/mol. The van der Waals surface area contributed by atoms with E-state index in [2.05, 4.69) is 4.98 Å². The van der Waals surface area contributed by atoms with Crippen LogP contribution in [0.15, 0.2) is 29.6 Å². The molecule has 1 heterocycles. The summed E-state index contributed by atoms with van der Waals surface area (Å²) in [6.45, 7) is 0. The van der Waals surface area contributed by atoms with Crippen LogP contribution in [0.2, 0.25) is 0 Å². The van der Waals surface area contributed by atoms with E-state index >= 15 is 0 Å². The van der Waals surface area contributed by atoms with Crippen molar-refractivity contribution < 1.29 is 9.18 Å². The zero-order valence-electron chi connectivity index (χ0n) is 8.31. The van der Waals surface area contributed by atoms with Crippen molar-refractivity contribution in [3.63, 3.8) is 0 Å². The Labute approximate surface area is 95.7 Å². The molecule has 0 saturated heterocycles. The molecule has 1 aromatic heterocycles. The first-order chi connectivity index (χ1) is 7.66. The number of hydrogen-bond donors (Lipinski definition) is 1. The first-order valence-corrected chi connectivity index (χ1v) is 5.52. The molecule has 0 fully saturated rings. The summed E-state index contributed by atoms with van der Waals surface area (Å²) >= 11 is 1.30. The van der Waals surface area contributed by atoms with Gasteiger partial charge in [0, 0.05) is 10.9 Å². The number of aromatic nitrogens is 1. The summed E-state index contributed by atoms with van der Waals surface area (Å²) in [7, 11) is 0. The molecule has 0 aliphatic rings. The number of primary amides is 1. The van der Waals surface area contributed by atoms with E-state index in [0.29, 0.717) is 16.3 Å². The first-order valence-electron chi connectivity index (χ1n) is 4.64. The smallest absolute Gasteiger partial charge is 0.224 e. The Morgan fingerprint density at radius 1 is 1.44 bits per heavy atom. The fourth-order valence-electron chi connectivity index (χ4n) is 1.33. The van der Waals surface area contributed by atoms with Gasteiger partial charge in [-0.3, -0.25) is 4.79 Å². The van der Waals surface area contributed by atoms with Gasteiger partial charge in [0.2, 0.25) is 5.91 Å². The molecular formula is C11H9FN2OS. The van der Waals surface area contributed by atoms with Crippen molar-refractivity contribution in [1.29, 1.82) is 0 Å². The molecule has 0 atom stereocenters. The number of nitrogens with two attached hydrogens (primary N) is 1. The minimum Gasteiger partial charge on any atom is -0.369 e.